The second-order valence-corrected chi connectivity index (χ2v) is 5.41. The minimum atomic E-state index is -0.403. The number of hydrogen-bond acceptors (Lipinski definition) is 5. The van der Waals surface area contributed by atoms with Crippen LogP contribution in [-0.4, -0.2) is 47.2 Å². The van der Waals surface area contributed by atoms with Gasteiger partial charge in [-0.25, -0.2) is 4.89 Å². The number of rotatable bonds is 1. The van der Waals surface area contributed by atoms with Crippen LogP contribution in [0, 0.1) is 12.3 Å². The summed E-state index contributed by atoms with van der Waals surface area (Å²) in [5.41, 5.74) is 8.99. The molecule has 0 saturated carbocycles. The molecule has 1 rings (SSSR count). The van der Waals surface area contributed by atoms with Crippen molar-refractivity contribution in [3.8, 4) is 12.3 Å². The Bertz CT molecular complexity index is 322. The maximum atomic E-state index is 11.0. The number of carbonyl (C=O) groups is 2. The predicted molar refractivity (Wildman–Crippen MR) is 87.7 cm³/mol. The van der Waals surface area contributed by atoms with Gasteiger partial charge >= 0.3 is 0 Å². The Morgan fingerprint density at radius 1 is 1.55 bits per heavy atom. The molecule has 7 heteroatoms. The summed E-state index contributed by atoms with van der Waals surface area (Å²) in [6.45, 7) is 10.1. The summed E-state index contributed by atoms with van der Waals surface area (Å²) in [7, 11) is 0. The maximum Gasteiger partial charge on any atom is 0.236 e. The average Bonchev–Trinajstić information content (AvgIpc) is 2.86. The Labute approximate surface area is 133 Å². The van der Waals surface area contributed by atoms with Crippen LogP contribution in [0.1, 0.15) is 47.5 Å². The van der Waals surface area contributed by atoms with Crippen LogP contribution in [0.15, 0.2) is 0 Å². The van der Waals surface area contributed by atoms with E-state index in [9.17, 15) is 4.79 Å². The predicted octanol–water partition coefficient (Wildman–Crippen LogP) is 0.972. The van der Waals surface area contributed by atoms with Crippen molar-refractivity contribution in [1.82, 2.24) is 4.90 Å². The highest BCUT2D eigenvalue weighted by Gasteiger charge is 2.23. The highest BCUT2D eigenvalue weighted by molar-refractivity contribution is 5.78. The molecule has 1 heterocycles. The second-order valence-electron chi connectivity index (χ2n) is 5.41. The van der Waals surface area contributed by atoms with Crippen molar-refractivity contribution < 1.29 is 19.7 Å². The van der Waals surface area contributed by atoms with Gasteiger partial charge in [0, 0.05) is 12.6 Å². The van der Waals surface area contributed by atoms with Gasteiger partial charge in [-0.2, -0.15) is 0 Å². The van der Waals surface area contributed by atoms with E-state index in [0.717, 1.165) is 19.4 Å². The average molecular weight is 317 g/mol. The van der Waals surface area contributed by atoms with Crippen LogP contribution in [0.2, 0.25) is 0 Å². The molecule has 0 radical (unpaired) electrons. The van der Waals surface area contributed by atoms with Gasteiger partial charge in [0.05, 0.1) is 12.1 Å². The Balaban J connectivity index is -0.000000258. The van der Waals surface area contributed by atoms with Crippen molar-refractivity contribution in [3.05, 3.63) is 0 Å². The van der Waals surface area contributed by atoms with Crippen LogP contribution in [-0.2, 0) is 14.5 Å². The van der Waals surface area contributed by atoms with Gasteiger partial charge in [-0.05, 0) is 47.5 Å². The molecule has 0 aromatic carbocycles. The first-order valence-electron chi connectivity index (χ1n) is 6.99. The molecule has 7 nitrogen and oxygen atoms in total. The van der Waals surface area contributed by atoms with E-state index in [1.54, 1.807) is 27.7 Å². The Kier molecular flexibility index (Phi) is 18.2. The number of likely N-dealkylation sites (tertiary alicyclic amines) is 1. The van der Waals surface area contributed by atoms with E-state index in [1.807, 2.05) is 4.90 Å². The molecule has 1 saturated heterocycles. The standard InChI is InChI=1S/C7H14N2O.C4H10O2.C3H4.CH3NO/c1-6-3-2-4-9(6)7(10)5-8;1-4(2,3)6-5;1-3-2;2-1-3/h6H,2-5,8H2,1H3;5H,1-3H3;1H,2H3;1H,(H2,2,3)/t6-;;;/m1.../s1. The van der Waals surface area contributed by atoms with Gasteiger partial charge in [0.15, 0.2) is 0 Å². The number of amides is 2. The molecular weight excluding hydrogens is 286 g/mol. The van der Waals surface area contributed by atoms with Crippen molar-refractivity contribution in [2.45, 2.75) is 59.1 Å². The Hall–Kier alpha value is -1.62. The fraction of sp³-hybridized carbons (Fsp3) is 0.733. The monoisotopic (exact) mass is 317 g/mol. The van der Waals surface area contributed by atoms with E-state index in [0.29, 0.717) is 6.04 Å². The first-order valence-corrected chi connectivity index (χ1v) is 6.99. The lowest BCUT2D eigenvalue weighted by molar-refractivity contribution is -0.306. The third-order valence-electron chi connectivity index (χ3n) is 2.32. The molecule has 0 spiro atoms. The number of terminal acetylenes is 1. The Morgan fingerprint density at radius 3 is 2.09 bits per heavy atom. The van der Waals surface area contributed by atoms with Crippen molar-refractivity contribution >= 4 is 12.3 Å². The first-order chi connectivity index (χ1) is 10.1. The fourth-order valence-electron chi connectivity index (χ4n) is 1.42. The van der Waals surface area contributed by atoms with Crippen LogP contribution in [0.4, 0.5) is 0 Å². The van der Waals surface area contributed by atoms with Gasteiger partial charge < -0.3 is 16.4 Å². The number of nitrogens with zero attached hydrogens (tertiary/aromatic N) is 1. The molecule has 1 fully saturated rings. The number of carbonyl (C=O) groups excluding carboxylic acids is 2. The first kappa shape index (κ1) is 25.3. The lowest BCUT2D eigenvalue weighted by Crippen LogP contribution is -2.37. The zero-order valence-electron chi connectivity index (χ0n) is 14.3. The number of nitrogens with two attached hydrogens (primary N) is 2. The molecule has 0 aliphatic carbocycles. The van der Waals surface area contributed by atoms with E-state index in [1.165, 1.54) is 0 Å². The lowest BCUT2D eigenvalue weighted by atomic mass is 10.2. The molecule has 2 amide bonds. The Morgan fingerprint density at radius 2 is 1.91 bits per heavy atom. The molecule has 0 aromatic heterocycles. The summed E-state index contributed by atoms with van der Waals surface area (Å²) >= 11 is 0. The van der Waals surface area contributed by atoms with Crippen LogP contribution in [0.3, 0.4) is 0 Å². The molecular formula is C15H31N3O4. The van der Waals surface area contributed by atoms with Crippen molar-refractivity contribution in [3.63, 3.8) is 0 Å². The molecule has 0 unspecified atom stereocenters. The summed E-state index contributed by atoms with van der Waals surface area (Å²) < 4.78 is 0. The van der Waals surface area contributed by atoms with Crippen LogP contribution in [0.5, 0.6) is 0 Å². The quantitative estimate of drug-likeness (QED) is 0.288. The summed E-state index contributed by atoms with van der Waals surface area (Å²) in [4.78, 5) is 25.4. The van der Waals surface area contributed by atoms with Gasteiger partial charge in [-0.15, -0.1) is 12.3 Å². The molecule has 5 N–H and O–H groups in total. The molecule has 130 valence electrons. The number of primary amides is 1. The minimum Gasteiger partial charge on any atom is -0.372 e. The van der Waals surface area contributed by atoms with Gasteiger partial charge in [-0.1, -0.05) is 0 Å². The minimum absolute atomic E-state index is 0.0880. The largest absolute Gasteiger partial charge is 0.372 e. The smallest absolute Gasteiger partial charge is 0.236 e. The molecule has 1 atom stereocenters. The van der Waals surface area contributed by atoms with Crippen LogP contribution >= 0.6 is 0 Å². The zero-order chi connectivity index (χ0) is 18.2. The summed E-state index contributed by atoms with van der Waals surface area (Å²) in [6, 6.07) is 0.413. The third kappa shape index (κ3) is 18.4. The van der Waals surface area contributed by atoms with Crippen molar-refractivity contribution in [2.75, 3.05) is 13.1 Å². The highest BCUT2D eigenvalue weighted by atomic mass is 17.1. The topological polar surface area (TPSA) is 119 Å². The van der Waals surface area contributed by atoms with Crippen molar-refractivity contribution in [1.29, 1.82) is 0 Å². The lowest BCUT2D eigenvalue weighted by Gasteiger charge is -2.19. The molecule has 0 aromatic rings. The molecule has 0 bridgehead atoms. The fourth-order valence-corrected chi connectivity index (χ4v) is 1.42. The molecule has 1 aliphatic rings. The van der Waals surface area contributed by atoms with Gasteiger partial charge in [0.25, 0.3) is 0 Å². The van der Waals surface area contributed by atoms with Crippen LogP contribution < -0.4 is 11.5 Å². The van der Waals surface area contributed by atoms with Gasteiger partial charge in [0.1, 0.15) is 0 Å². The molecule has 22 heavy (non-hydrogen) atoms. The van der Waals surface area contributed by atoms with E-state index in [4.69, 9.17) is 15.8 Å². The summed E-state index contributed by atoms with van der Waals surface area (Å²) in [6.07, 6.45) is 7.11. The zero-order valence-corrected chi connectivity index (χ0v) is 14.3. The molecule has 1 aliphatic heterocycles. The van der Waals surface area contributed by atoms with Crippen LogP contribution in [0.25, 0.3) is 0 Å². The van der Waals surface area contributed by atoms with Crippen molar-refractivity contribution in [2.24, 2.45) is 11.5 Å². The summed E-state index contributed by atoms with van der Waals surface area (Å²) in [5.74, 6) is 2.34. The maximum absolute atomic E-state index is 11.0. The van der Waals surface area contributed by atoms with E-state index in [2.05, 4.69) is 29.9 Å². The summed E-state index contributed by atoms with van der Waals surface area (Å²) in [5, 5.41) is 7.90. The normalized spacial score (nSPS) is 15.7. The van der Waals surface area contributed by atoms with E-state index < -0.39 is 5.60 Å². The second kappa shape index (κ2) is 15.8. The van der Waals surface area contributed by atoms with Gasteiger partial charge in [-0.3, -0.25) is 14.8 Å². The van der Waals surface area contributed by atoms with E-state index >= 15 is 0 Å². The highest BCUT2D eigenvalue weighted by Crippen LogP contribution is 2.15. The SMILES string of the molecule is C#CC.CC(C)(C)OO.C[C@@H]1CCCN1C(=O)CN.NC=O. The van der Waals surface area contributed by atoms with E-state index in [-0.39, 0.29) is 18.9 Å². The van der Waals surface area contributed by atoms with Gasteiger partial charge in [0.2, 0.25) is 12.3 Å². The number of hydrogen-bond donors (Lipinski definition) is 3. The third-order valence-corrected chi connectivity index (χ3v) is 2.32.